The Morgan fingerprint density at radius 2 is 1.50 bits per heavy atom. The van der Waals surface area contributed by atoms with Crippen LogP contribution in [0.2, 0.25) is 0 Å². The average molecular weight is 402 g/mol. The molecule has 3 aromatic carbocycles. The van der Waals surface area contributed by atoms with Gasteiger partial charge >= 0.3 is 0 Å². The van der Waals surface area contributed by atoms with Crippen molar-refractivity contribution in [2.24, 2.45) is 0 Å². The molecule has 0 saturated heterocycles. The lowest BCUT2D eigenvalue weighted by molar-refractivity contribution is 0.102. The number of ether oxygens (including phenoxy) is 2. The van der Waals surface area contributed by atoms with Crippen LogP contribution >= 0.6 is 0 Å². The first-order chi connectivity index (χ1) is 14.6. The number of nitrogens with one attached hydrogen (secondary N) is 1. The molecule has 0 heterocycles. The molecule has 1 amide bonds. The van der Waals surface area contributed by atoms with Crippen LogP contribution in [0.15, 0.2) is 91.0 Å². The summed E-state index contributed by atoms with van der Waals surface area (Å²) in [6.07, 6.45) is 1.95. The smallest absolute Gasteiger partial charge is 0.255 e. The lowest BCUT2D eigenvalue weighted by Gasteiger charge is -2.09. The highest BCUT2D eigenvalue weighted by Crippen LogP contribution is 2.18. The Morgan fingerprint density at radius 1 is 0.867 bits per heavy atom. The molecular formula is C26H27NO3. The van der Waals surface area contributed by atoms with Gasteiger partial charge in [0.25, 0.3) is 5.91 Å². The van der Waals surface area contributed by atoms with E-state index in [-0.39, 0.29) is 5.91 Å². The topological polar surface area (TPSA) is 47.6 Å². The molecule has 0 spiro atoms. The second kappa shape index (κ2) is 10.9. The molecule has 0 aliphatic heterocycles. The van der Waals surface area contributed by atoms with Gasteiger partial charge in [0, 0.05) is 11.3 Å². The third kappa shape index (κ3) is 6.82. The average Bonchev–Trinajstić information content (AvgIpc) is 2.77. The maximum atomic E-state index is 12.4. The maximum Gasteiger partial charge on any atom is 0.255 e. The normalized spacial score (nSPS) is 10.3. The summed E-state index contributed by atoms with van der Waals surface area (Å²) in [5, 5.41) is 2.89. The van der Waals surface area contributed by atoms with Crippen LogP contribution in [0.25, 0.3) is 0 Å². The molecule has 154 valence electrons. The van der Waals surface area contributed by atoms with E-state index >= 15 is 0 Å². The third-order valence-corrected chi connectivity index (χ3v) is 4.44. The van der Waals surface area contributed by atoms with Crippen molar-refractivity contribution in [2.75, 3.05) is 18.5 Å². The molecule has 0 fully saturated rings. The minimum absolute atomic E-state index is 0.169. The fourth-order valence-corrected chi connectivity index (χ4v) is 2.86. The third-order valence-electron chi connectivity index (χ3n) is 4.44. The maximum absolute atomic E-state index is 12.4. The van der Waals surface area contributed by atoms with Crippen molar-refractivity contribution in [3.63, 3.8) is 0 Å². The van der Waals surface area contributed by atoms with E-state index in [0.29, 0.717) is 24.5 Å². The number of carbonyl (C=O) groups is 1. The largest absolute Gasteiger partial charge is 0.494 e. The second-order valence-corrected chi connectivity index (χ2v) is 7.19. The Hall–Kier alpha value is -3.53. The second-order valence-electron chi connectivity index (χ2n) is 7.19. The van der Waals surface area contributed by atoms with Gasteiger partial charge in [-0.25, -0.2) is 0 Å². The number of hydrogen-bond acceptors (Lipinski definition) is 3. The van der Waals surface area contributed by atoms with Crippen LogP contribution in [-0.4, -0.2) is 19.1 Å². The molecular weight excluding hydrogens is 374 g/mol. The summed E-state index contributed by atoms with van der Waals surface area (Å²) in [6.45, 7) is 6.83. The lowest BCUT2D eigenvalue weighted by atomic mass is 10.1. The Balaban J connectivity index is 1.44. The van der Waals surface area contributed by atoms with Gasteiger partial charge in [-0.15, -0.1) is 0 Å². The molecule has 0 aliphatic rings. The van der Waals surface area contributed by atoms with E-state index < -0.39 is 0 Å². The van der Waals surface area contributed by atoms with Gasteiger partial charge in [-0.1, -0.05) is 36.9 Å². The SMILES string of the molecule is C=C(C)COc1ccc(C(=O)Nc2ccc(OCCCc3ccccc3)cc2)cc1. The van der Waals surface area contributed by atoms with Crippen LogP contribution < -0.4 is 14.8 Å². The molecule has 0 bridgehead atoms. The van der Waals surface area contributed by atoms with Crippen molar-refractivity contribution in [3.05, 3.63) is 102 Å². The number of hydrogen-bond donors (Lipinski definition) is 1. The van der Waals surface area contributed by atoms with Gasteiger partial charge in [-0.3, -0.25) is 4.79 Å². The number of anilines is 1. The van der Waals surface area contributed by atoms with Crippen molar-refractivity contribution in [3.8, 4) is 11.5 Å². The molecule has 0 radical (unpaired) electrons. The van der Waals surface area contributed by atoms with Crippen molar-refractivity contribution < 1.29 is 14.3 Å². The van der Waals surface area contributed by atoms with Gasteiger partial charge in [0.2, 0.25) is 0 Å². The molecule has 3 aromatic rings. The highest BCUT2D eigenvalue weighted by Gasteiger charge is 2.07. The molecule has 0 aliphatic carbocycles. The molecule has 4 nitrogen and oxygen atoms in total. The number of benzene rings is 3. The van der Waals surface area contributed by atoms with Gasteiger partial charge in [0.05, 0.1) is 6.61 Å². The van der Waals surface area contributed by atoms with E-state index in [4.69, 9.17) is 9.47 Å². The van der Waals surface area contributed by atoms with Crippen LogP contribution in [0.3, 0.4) is 0 Å². The van der Waals surface area contributed by atoms with Crippen LogP contribution in [0.1, 0.15) is 29.3 Å². The molecule has 30 heavy (non-hydrogen) atoms. The van der Waals surface area contributed by atoms with Gasteiger partial charge in [0.1, 0.15) is 18.1 Å². The molecule has 0 atom stereocenters. The zero-order valence-corrected chi connectivity index (χ0v) is 17.3. The van der Waals surface area contributed by atoms with Gasteiger partial charge in [-0.2, -0.15) is 0 Å². The molecule has 3 rings (SSSR count). The predicted molar refractivity (Wildman–Crippen MR) is 121 cm³/mol. The van der Waals surface area contributed by atoms with Crippen LogP contribution in [0.4, 0.5) is 5.69 Å². The van der Waals surface area contributed by atoms with Crippen molar-refractivity contribution in [1.29, 1.82) is 0 Å². The van der Waals surface area contributed by atoms with Crippen molar-refractivity contribution in [2.45, 2.75) is 19.8 Å². The summed E-state index contributed by atoms with van der Waals surface area (Å²) in [5.74, 6) is 1.33. The van der Waals surface area contributed by atoms with Crippen LogP contribution in [0.5, 0.6) is 11.5 Å². The molecule has 0 saturated carbocycles. The summed E-state index contributed by atoms with van der Waals surface area (Å²) < 4.78 is 11.3. The fourth-order valence-electron chi connectivity index (χ4n) is 2.86. The van der Waals surface area contributed by atoms with E-state index in [0.717, 1.165) is 29.9 Å². The van der Waals surface area contributed by atoms with E-state index in [2.05, 4.69) is 36.2 Å². The summed E-state index contributed by atoms with van der Waals surface area (Å²) in [7, 11) is 0. The first-order valence-corrected chi connectivity index (χ1v) is 10.1. The highest BCUT2D eigenvalue weighted by molar-refractivity contribution is 6.04. The predicted octanol–water partition coefficient (Wildman–Crippen LogP) is 5.91. The first-order valence-electron chi connectivity index (χ1n) is 10.1. The van der Waals surface area contributed by atoms with Crippen LogP contribution in [0, 0.1) is 0 Å². The Labute approximate surface area is 178 Å². The molecule has 4 heteroatoms. The van der Waals surface area contributed by atoms with E-state index in [1.54, 1.807) is 24.3 Å². The van der Waals surface area contributed by atoms with E-state index in [1.807, 2.05) is 37.3 Å². The lowest BCUT2D eigenvalue weighted by Crippen LogP contribution is -2.11. The number of aryl methyl sites for hydroxylation is 1. The minimum Gasteiger partial charge on any atom is -0.494 e. The standard InChI is InChI=1S/C26H27NO3/c1-20(2)19-30-25-14-10-22(11-15-25)26(28)27-23-12-16-24(17-13-23)29-18-6-9-21-7-4-3-5-8-21/h3-5,7-8,10-17H,1,6,9,18-19H2,2H3,(H,27,28). The Morgan fingerprint density at radius 3 is 2.17 bits per heavy atom. The molecule has 0 unspecified atom stereocenters. The first kappa shape index (κ1) is 21.2. The van der Waals surface area contributed by atoms with E-state index in [1.165, 1.54) is 5.56 Å². The fraction of sp³-hybridized carbons (Fsp3) is 0.192. The summed E-state index contributed by atoms with van der Waals surface area (Å²) >= 11 is 0. The quantitative estimate of drug-likeness (QED) is 0.340. The highest BCUT2D eigenvalue weighted by atomic mass is 16.5. The van der Waals surface area contributed by atoms with Gasteiger partial charge in [0.15, 0.2) is 0 Å². The molecule has 1 N–H and O–H groups in total. The minimum atomic E-state index is -0.169. The van der Waals surface area contributed by atoms with Crippen LogP contribution in [-0.2, 0) is 6.42 Å². The monoisotopic (exact) mass is 401 g/mol. The number of amides is 1. The summed E-state index contributed by atoms with van der Waals surface area (Å²) in [6, 6.07) is 24.8. The number of rotatable bonds is 10. The van der Waals surface area contributed by atoms with Crippen molar-refractivity contribution in [1.82, 2.24) is 0 Å². The Bertz CT molecular complexity index is 948. The zero-order chi connectivity index (χ0) is 21.2. The summed E-state index contributed by atoms with van der Waals surface area (Å²) in [4.78, 5) is 12.4. The van der Waals surface area contributed by atoms with E-state index in [9.17, 15) is 4.79 Å². The Kier molecular flexibility index (Phi) is 7.67. The summed E-state index contributed by atoms with van der Waals surface area (Å²) in [5.41, 5.74) is 3.55. The molecule has 0 aromatic heterocycles. The zero-order valence-electron chi connectivity index (χ0n) is 17.3. The van der Waals surface area contributed by atoms with Crippen molar-refractivity contribution >= 4 is 11.6 Å². The van der Waals surface area contributed by atoms with Gasteiger partial charge < -0.3 is 14.8 Å². The number of carbonyl (C=O) groups excluding carboxylic acids is 1. The van der Waals surface area contributed by atoms with Gasteiger partial charge in [-0.05, 0) is 79.4 Å².